The number of nitrogens with zero attached hydrogens (tertiary/aromatic N) is 2. The standard InChI is InChI=1S/C31H34N2O5S/c1-23-30(32-29-14-7-6-13-28(29)31(23)38-21-24-9-4-3-5-10-24)22-37-27-12-8-11-26(19-27)36-20-25-15-17-33(18-16-25)39(2,34)35/h3-14,19,25H,15-18,20-22H2,1-2H3. The number of ether oxygens (including phenoxy) is 3. The smallest absolute Gasteiger partial charge is 0.211 e. The Balaban J connectivity index is 1.23. The van der Waals surface area contributed by atoms with Crippen LogP contribution in [0.3, 0.4) is 0 Å². The first-order chi connectivity index (χ1) is 18.9. The van der Waals surface area contributed by atoms with Crippen LogP contribution >= 0.6 is 0 Å². The van der Waals surface area contributed by atoms with E-state index >= 15 is 0 Å². The van der Waals surface area contributed by atoms with Crippen LogP contribution in [0.25, 0.3) is 10.9 Å². The van der Waals surface area contributed by atoms with Gasteiger partial charge in [0.25, 0.3) is 0 Å². The van der Waals surface area contributed by atoms with Crippen molar-refractivity contribution in [2.45, 2.75) is 33.0 Å². The summed E-state index contributed by atoms with van der Waals surface area (Å²) in [5.41, 5.74) is 3.75. The summed E-state index contributed by atoms with van der Waals surface area (Å²) in [7, 11) is -3.12. The van der Waals surface area contributed by atoms with Crippen molar-refractivity contribution < 1.29 is 22.6 Å². The Hall–Kier alpha value is -3.62. The number of hydrogen-bond acceptors (Lipinski definition) is 6. The van der Waals surface area contributed by atoms with Gasteiger partial charge in [-0.05, 0) is 55.5 Å². The number of piperidine rings is 1. The van der Waals surface area contributed by atoms with E-state index < -0.39 is 10.0 Å². The van der Waals surface area contributed by atoms with Crippen LogP contribution in [0.15, 0.2) is 78.9 Å². The molecule has 1 aliphatic rings. The largest absolute Gasteiger partial charge is 0.493 e. The summed E-state index contributed by atoms with van der Waals surface area (Å²) in [6, 6.07) is 25.7. The van der Waals surface area contributed by atoms with Gasteiger partial charge in [-0.1, -0.05) is 48.5 Å². The molecule has 0 atom stereocenters. The highest BCUT2D eigenvalue weighted by atomic mass is 32.2. The predicted molar refractivity (Wildman–Crippen MR) is 153 cm³/mol. The van der Waals surface area contributed by atoms with E-state index in [0.29, 0.717) is 44.6 Å². The lowest BCUT2D eigenvalue weighted by atomic mass is 9.99. The van der Waals surface area contributed by atoms with E-state index in [1.807, 2.05) is 73.7 Å². The highest BCUT2D eigenvalue weighted by Crippen LogP contribution is 2.32. The number of hydrogen-bond donors (Lipinski definition) is 0. The molecule has 0 spiro atoms. The van der Waals surface area contributed by atoms with E-state index in [1.54, 1.807) is 4.31 Å². The Morgan fingerprint density at radius 3 is 2.28 bits per heavy atom. The average Bonchev–Trinajstić information content (AvgIpc) is 2.95. The number of pyridine rings is 1. The predicted octanol–water partition coefficient (Wildman–Crippen LogP) is 5.75. The molecule has 0 bridgehead atoms. The van der Waals surface area contributed by atoms with Crippen LogP contribution < -0.4 is 14.2 Å². The van der Waals surface area contributed by atoms with Gasteiger partial charge in [-0.3, -0.25) is 0 Å². The Morgan fingerprint density at radius 2 is 1.54 bits per heavy atom. The third-order valence-corrected chi connectivity index (χ3v) is 8.42. The molecule has 39 heavy (non-hydrogen) atoms. The SMILES string of the molecule is Cc1c(COc2cccc(OCC3CCN(S(C)(=O)=O)CC3)c2)nc2ccccc2c1OCc1ccccc1. The summed E-state index contributed by atoms with van der Waals surface area (Å²) in [4.78, 5) is 4.87. The van der Waals surface area contributed by atoms with Gasteiger partial charge < -0.3 is 14.2 Å². The molecular formula is C31H34N2O5S. The van der Waals surface area contributed by atoms with Gasteiger partial charge in [0.2, 0.25) is 10.0 Å². The van der Waals surface area contributed by atoms with Crippen LogP contribution in [0.1, 0.15) is 29.7 Å². The lowest BCUT2D eigenvalue weighted by Gasteiger charge is -2.30. The van der Waals surface area contributed by atoms with E-state index in [0.717, 1.165) is 52.1 Å². The Kier molecular flexibility index (Phi) is 8.33. The molecule has 1 saturated heterocycles. The zero-order chi connectivity index (χ0) is 27.2. The number of sulfonamides is 1. The number of aromatic nitrogens is 1. The normalized spacial score (nSPS) is 14.8. The van der Waals surface area contributed by atoms with Crippen molar-refractivity contribution in [2.75, 3.05) is 26.0 Å². The first-order valence-corrected chi connectivity index (χ1v) is 15.1. The van der Waals surface area contributed by atoms with E-state index in [9.17, 15) is 8.42 Å². The maximum absolute atomic E-state index is 11.7. The van der Waals surface area contributed by atoms with Gasteiger partial charge >= 0.3 is 0 Å². The fourth-order valence-electron chi connectivity index (χ4n) is 4.81. The molecule has 0 radical (unpaired) electrons. The second-order valence-corrected chi connectivity index (χ2v) is 12.0. The molecule has 1 fully saturated rings. The first kappa shape index (κ1) is 27.0. The third-order valence-electron chi connectivity index (χ3n) is 7.11. The minimum Gasteiger partial charge on any atom is -0.493 e. The number of fused-ring (bicyclic) bond motifs is 1. The highest BCUT2D eigenvalue weighted by molar-refractivity contribution is 7.88. The summed E-state index contributed by atoms with van der Waals surface area (Å²) in [6.45, 7) is 4.44. The molecule has 4 aromatic rings. The second-order valence-electron chi connectivity index (χ2n) is 9.98. The van der Waals surface area contributed by atoms with Gasteiger partial charge in [0.05, 0.1) is 24.1 Å². The molecule has 3 aromatic carbocycles. The molecule has 0 aliphatic carbocycles. The number of benzene rings is 3. The van der Waals surface area contributed by atoms with Crippen molar-refractivity contribution in [2.24, 2.45) is 5.92 Å². The van der Waals surface area contributed by atoms with Crippen LogP contribution in [0, 0.1) is 12.8 Å². The molecular weight excluding hydrogens is 512 g/mol. The fraction of sp³-hybridized carbons (Fsp3) is 0.323. The summed E-state index contributed by atoms with van der Waals surface area (Å²) < 4.78 is 43.5. The highest BCUT2D eigenvalue weighted by Gasteiger charge is 2.25. The lowest BCUT2D eigenvalue weighted by molar-refractivity contribution is 0.185. The first-order valence-electron chi connectivity index (χ1n) is 13.2. The molecule has 0 saturated carbocycles. The maximum atomic E-state index is 11.7. The van der Waals surface area contributed by atoms with E-state index in [1.165, 1.54) is 6.26 Å². The van der Waals surface area contributed by atoms with Crippen molar-refractivity contribution >= 4 is 20.9 Å². The zero-order valence-electron chi connectivity index (χ0n) is 22.4. The minimum absolute atomic E-state index is 0.297. The molecule has 0 N–H and O–H groups in total. The Morgan fingerprint density at radius 1 is 0.846 bits per heavy atom. The van der Waals surface area contributed by atoms with Crippen molar-refractivity contribution in [1.82, 2.24) is 9.29 Å². The second kappa shape index (κ2) is 12.1. The Bertz CT molecular complexity index is 1520. The molecule has 2 heterocycles. The lowest BCUT2D eigenvalue weighted by Crippen LogP contribution is -2.39. The third kappa shape index (κ3) is 6.88. The van der Waals surface area contributed by atoms with Gasteiger partial charge in [-0.25, -0.2) is 17.7 Å². The number of rotatable bonds is 10. The molecule has 0 amide bonds. The fourth-order valence-corrected chi connectivity index (χ4v) is 5.68. The molecule has 0 unspecified atom stereocenters. The van der Waals surface area contributed by atoms with Crippen molar-refractivity contribution in [1.29, 1.82) is 0 Å². The van der Waals surface area contributed by atoms with Crippen LogP contribution in [-0.4, -0.2) is 43.7 Å². The van der Waals surface area contributed by atoms with Gasteiger partial charge in [-0.2, -0.15) is 0 Å². The van der Waals surface area contributed by atoms with Crippen LogP contribution in [0.4, 0.5) is 0 Å². The molecule has 7 nitrogen and oxygen atoms in total. The maximum Gasteiger partial charge on any atom is 0.211 e. The van der Waals surface area contributed by atoms with E-state index in [-0.39, 0.29) is 0 Å². The monoisotopic (exact) mass is 546 g/mol. The van der Waals surface area contributed by atoms with Crippen LogP contribution in [0.5, 0.6) is 17.2 Å². The number of para-hydroxylation sites is 1. The Labute approximate surface area is 230 Å². The summed E-state index contributed by atoms with van der Waals surface area (Å²) in [6.07, 6.45) is 2.86. The zero-order valence-corrected chi connectivity index (χ0v) is 23.2. The minimum atomic E-state index is -3.12. The van der Waals surface area contributed by atoms with Crippen LogP contribution in [-0.2, 0) is 23.2 Å². The van der Waals surface area contributed by atoms with Crippen molar-refractivity contribution in [3.63, 3.8) is 0 Å². The van der Waals surface area contributed by atoms with Crippen molar-refractivity contribution in [3.8, 4) is 17.2 Å². The quantitative estimate of drug-likeness (QED) is 0.252. The van der Waals surface area contributed by atoms with E-state index in [4.69, 9.17) is 19.2 Å². The topological polar surface area (TPSA) is 78.0 Å². The molecule has 5 rings (SSSR count). The van der Waals surface area contributed by atoms with Gasteiger partial charge in [0, 0.05) is 30.1 Å². The van der Waals surface area contributed by atoms with Crippen molar-refractivity contribution in [3.05, 3.63) is 95.7 Å². The van der Waals surface area contributed by atoms with Gasteiger partial charge in [0.15, 0.2) is 0 Å². The van der Waals surface area contributed by atoms with E-state index in [2.05, 4.69) is 12.1 Å². The molecule has 204 valence electrons. The summed E-state index contributed by atoms with van der Waals surface area (Å²) in [5, 5.41) is 0.979. The van der Waals surface area contributed by atoms with Crippen LogP contribution in [0.2, 0.25) is 0 Å². The molecule has 1 aliphatic heterocycles. The molecule has 1 aromatic heterocycles. The average molecular weight is 547 g/mol. The summed E-state index contributed by atoms with van der Waals surface area (Å²) in [5.74, 6) is 2.57. The molecule has 8 heteroatoms. The van der Waals surface area contributed by atoms with Gasteiger partial charge in [0.1, 0.15) is 30.5 Å². The summed E-state index contributed by atoms with van der Waals surface area (Å²) >= 11 is 0. The van der Waals surface area contributed by atoms with Gasteiger partial charge in [-0.15, -0.1) is 0 Å².